The molecule has 2 nitrogen and oxygen atoms in total. The van der Waals surface area contributed by atoms with E-state index in [9.17, 15) is 5.11 Å². The van der Waals surface area contributed by atoms with Crippen molar-refractivity contribution < 1.29 is 5.11 Å². The van der Waals surface area contributed by atoms with Gasteiger partial charge in [0.05, 0.1) is 5.60 Å². The molecular formula is C16H23NO. The Morgan fingerprint density at radius 3 is 2.89 bits per heavy atom. The van der Waals surface area contributed by atoms with Gasteiger partial charge < -0.3 is 10.4 Å². The molecule has 18 heavy (non-hydrogen) atoms. The summed E-state index contributed by atoms with van der Waals surface area (Å²) >= 11 is 0. The summed E-state index contributed by atoms with van der Waals surface area (Å²) in [5.41, 5.74) is 3.87. The van der Waals surface area contributed by atoms with Gasteiger partial charge in [0.2, 0.25) is 0 Å². The van der Waals surface area contributed by atoms with Crippen LogP contribution in [-0.4, -0.2) is 23.8 Å². The fourth-order valence-electron chi connectivity index (χ4n) is 3.41. The fourth-order valence-corrected chi connectivity index (χ4v) is 3.41. The van der Waals surface area contributed by atoms with Crippen LogP contribution in [-0.2, 0) is 19.3 Å². The smallest absolute Gasteiger partial charge is 0.0700 e. The van der Waals surface area contributed by atoms with Gasteiger partial charge in [0.1, 0.15) is 0 Å². The maximum Gasteiger partial charge on any atom is 0.0700 e. The zero-order chi connectivity index (χ0) is 12.4. The van der Waals surface area contributed by atoms with Crippen LogP contribution in [0, 0.1) is 0 Å². The first kappa shape index (κ1) is 12.2. The molecule has 1 aromatic carbocycles. The predicted octanol–water partition coefficient (Wildman–Crippen LogP) is 2.22. The zero-order valence-corrected chi connectivity index (χ0v) is 11.0. The summed E-state index contributed by atoms with van der Waals surface area (Å²) in [6.07, 6.45) is 7.48. The van der Waals surface area contributed by atoms with Crippen LogP contribution in [0.1, 0.15) is 42.4 Å². The van der Waals surface area contributed by atoms with E-state index in [0.717, 1.165) is 38.8 Å². The molecule has 0 bridgehead atoms. The highest BCUT2D eigenvalue weighted by Gasteiger charge is 2.28. The standard InChI is InChI=1S/C16H23NO/c18-16(7-2-9-17-10-8-16)12-13-5-6-14-3-1-4-15(14)11-13/h5-6,11,17-18H,1-4,7-10,12H2. The second-order valence-corrected chi connectivity index (χ2v) is 5.96. The van der Waals surface area contributed by atoms with Crippen molar-refractivity contribution in [3.8, 4) is 0 Å². The van der Waals surface area contributed by atoms with Crippen LogP contribution in [0.3, 0.4) is 0 Å². The number of aliphatic hydroxyl groups is 1. The fraction of sp³-hybridized carbons (Fsp3) is 0.625. The summed E-state index contributed by atoms with van der Waals surface area (Å²) < 4.78 is 0. The van der Waals surface area contributed by atoms with Crippen molar-refractivity contribution in [2.24, 2.45) is 0 Å². The average molecular weight is 245 g/mol. The molecule has 1 heterocycles. The minimum absolute atomic E-state index is 0.490. The highest BCUT2D eigenvalue weighted by molar-refractivity contribution is 5.35. The molecule has 1 fully saturated rings. The van der Waals surface area contributed by atoms with Crippen molar-refractivity contribution in [1.29, 1.82) is 0 Å². The Bertz CT molecular complexity index is 419. The molecule has 0 aromatic heterocycles. The molecule has 0 amide bonds. The van der Waals surface area contributed by atoms with Gasteiger partial charge in [-0.1, -0.05) is 18.2 Å². The molecule has 98 valence electrons. The van der Waals surface area contributed by atoms with Crippen LogP contribution in [0.15, 0.2) is 18.2 Å². The lowest BCUT2D eigenvalue weighted by molar-refractivity contribution is 0.0284. The van der Waals surface area contributed by atoms with Crippen LogP contribution < -0.4 is 5.32 Å². The van der Waals surface area contributed by atoms with Gasteiger partial charge in [0, 0.05) is 6.42 Å². The topological polar surface area (TPSA) is 32.3 Å². The molecule has 1 unspecified atom stereocenters. The molecule has 2 N–H and O–H groups in total. The van der Waals surface area contributed by atoms with E-state index < -0.39 is 5.60 Å². The highest BCUT2D eigenvalue weighted by atomic mass is 16.3. The van der Waals surface area contributed by atoms with Crippen molar-refractivity contribution in [3.63, 3.8) is 0 Å². The Hall–Kier alpha value is -0.860. The van der Waals surface area contributed by atoms with E-state index >= 15 is 0 Å². The molecule has 1 aliphatic carbocycles. The van der Waals surface area contributed by atoms with E-state index in [1.807, 2.05) is 0 Å². The van der Waals surface area contributed by atoms with Crippen LogP contribution in [0.5, 0.6) is 0 Å². The van der Waals surface area contributed by atoms with Gasteiger partial charge in [-0.2, -0.15) is 0 Å². The first-order valence-corrected chi connectivity index (χ1v) is 7.29. The van der Waals surface area contributed by atoms with Crippen molar-refractivity contribution >= 4 is 0 Å². The van der Waals surface area contributed by atoms with Gasteiger partial charge in [-0.05, 0) is 68.3 Å². The minimum Gasteiger partial charge on any atom is -0.389 e. The zero-order valence-electron chi connectivity index (χ0n) is 11.0. The molecule has 1 aromatic rings. The maximum atomic E-state index is 10.7. The number of benzene rings is 1. The van der Waals surface area contributed by atoms with Gasteiger partial charge in [-0.3, -0.25) is 0 Å². The first-order valence-electron chi connectivity index (χ1n) is 7.29. The third-order valence-electron chi connectivity index (χ3n) is 4.46. The monoisotopic (exact) mass is 245 g/mol. The molecule has 0 saturated carbocycles. The summed E-state index contributed by atoms with van der Waals surface area (Å²) in [5, 5.41) is 14.1. The minimum atomic E-state index is -0.490. The van der Waals surface area contributed by atoms with E-state index in [1.165, 1.54) is 36.0 Å². The Morgan fingerprint density at radius 1 is 1.06 bits per heavy atom. The van der Waals surface area contributed by atoms with E-state index in [0.29, 0.717) is 0 Å². The van der Waals surface area contributed by atoms with Gasteiger partial charge in [0.25, 0.3) is 0 Å². The molecular weight excluding hydrogens is 222 g/mol. The van der Waals surface area contributed by atoms with Gasteiger partial charge >= 0.3 is 0 Å². The van der Waals surface area contributed by atoms with Crippen LogP contribution in [0.4, 0.5) is 0 Å². The summed E-state index contributed by atoms with van der Waals surface area (Å²) in [5.74, 6) is 0. The Morgan fingerprint density at radius 2 is 1.94 bits per heavy atom. The number of hydrogen-bond donors (Lipinski definition) is 2. The SMILES string of the molecule is OC1(Cc2ccc3c(c2)CCC3)CCCNCC1. The Labute approximate surface area is 109 Å². The van der Waals surface area contributed by atoms with Gasteiger partial charge in [-0.25, -0.2) is 0 Å². The van der Waals surface area contributed by atoms with Crippen LogP contribution in [0.2, 0.25) is 0 Å². The van der Waals surface area contributed by atoms with E-state index in [-0.39, 0.29) is 0 Å². The van der Waals surface area contributed by atoms with Crippen LogP contribution in [0.25, 0.3) is 0 Å². The Kier molecular flexibility index (Phi) is 3.40. The van der Waals surface area contributed by atoms with Crippen molar-refractivity contribution in [1.82, 2.24) is 5.32 Å². The number of hydrogen-bond acceptors (Lipinski definition) is 2. The summed E-state index contributed by atoms with van der Waals surface area (Å²) in [6, 6.07) is 6.83. The average Bonchev–Trinajstić information content (AvgIpc) is 2.71. The molecule has 0 spiro atoms. The third kappa shape index (κ3) is 2.60. The third-order valence-corrected chi connectivity index (χ3v) is 4.46. The first-order chi connectivity index (χ1) is 8.75. The number of fused-ring (bicyclic) bond motifs is 1. The lowest BCUT2D eigenvalue weighted by Gasteiger charge is -2.26. The predicted molar refractivity (Wildman–Crippen MR) is 73.8 cm³/mol. The van der Waals surface area contributed by atoms with Crippen molar-refractivity contribution in [2.45, 2.75) is 50.5 Å². The highest BCUT2D eigenvalue weighted by Crippen LogP contribution is 2.28. The molecule has 2 heteroatoms. The second kappa shape index (κ2) is 5.02. The molecule has 2 aliphatic rings. The van der Waals surface area contributed by atoms with Crippen LogP contribution >= 0.6 is 0 Å². The van der Waals surface area contributed by atoms with Gasteiger partial charge in [-0.15, -0.1) is 0 Å². The van der Waals surface area contributed by atoms with Gasteiger partial charge in [0.15, 0.2) is 0 Å². The summed E-state index contributed by atoms with van der Waals surface area (Å²) in [6.45, 7) is 1.99. The molecule has 1 atom stereocenters. The normalized spacial score (nSPS) is 27.8. The number of rotatable bonds is 2. The maximum absolute atomic E-state index is 10.7. The van der Waals surface area contributed by atoms with Crippen molar-refractivity contribution in [3.05, 3.63) is 34.9 Å². The molecule has 3 rings (SSSR count). The summed E-state index contributed by atoms with van der Waals surface area (Å²) in [4.78, 5) is 0. The molecule has 1 aliphatic heterocycles. The van der Waals surface area contributed by atoms with E-state index in [4.69, 9.17) is 0 Å². The lowest BCUT2D eigenvalue weighted by atomic mass is 9.87. The molecule has 1 saturated heterocycles. The van der Waals surface area contributed by atoms with Crippen molar-refractivity contribution in [2.75, 3.05) is 13.1 Å². The largest absolute Gasteiger partial charge is 0.389 e. The number of aryl methyl sites for hydroxylation is 2. The Balaban J connectivity index is 1.75. The lowest BCUT2D eigenvalue weighted by Crippen LogP contribution is -2.32. The van der Waals surface area contributed by atoms with E-state index in [2.05, 4.69) is 23.5 Å². The van der Waals surface area contributed by atoms with E-state index in [1.54, 1.807) is 0 Å². The summed E-state index contributed by atoms with van der Waals surface area (Å²) in [7, 11) is 0. The molecule has 0 radical (unpaired) electrons. The second-order valence-electron chi connectivity index (χ2n) is 5.96. The number of nitrogens with one attached hydrogen (secondary N) is 1. The quantitative estimate of drug-likeness (QED) is 0.837.